The normalized spacial score (nSPS) is 10.4. The van der Waals surface area contributed by atoms with E-state index in [2.05, 4.69) is 0 Å². The fourth-order valence-electron chi connectivity index (χ4n) is 1.51. The summed E-state index contributed by atoms with van der Waals surface area (Å²) in [5.41, 5.74) is 1.05. The van der Waals surface area contributed by atoms with E-state index in [4.69, 9.17) is 0 Å². The van der Waals surface area contributed by atoms with Gasteiger partial charge in [0.1, 0.15) is 0 Å². The van der Waals surface area contributed by atoms with Crippen LogP contribution < -0.4 is 4.90 Å². The summed E-state index contributed by atoms with van der Waals surface area (Å²) in [5, 5.41) is 10.7. The highest BCUT2D eigenvalue weighted by molar-refractivity contribution is 6.00. The Balaban J connectivity index is 3.32. The number of ketones is 1. The van der Waals surface area contributed by atoms with Crippen LogP contribution in [0.5, 0.6) is 0 Å². The molecule has 0 saturated carbocycles. The van der Waals surface area contributed by atoms with Crippen LogP contribution in [0.15, 0.2) is 18.2 Å². The Kier molecular flexibility index (Phi) is 3.83. The van der Waals surface area contributed by atoms with Crippen LogP contribution in [-0.2, 0) is 0 Å². The van der Waals surface area contributed by atoms with Crippen molar-refractivity contribution in [1.82, 2.24) is 0 Å². The molecule has 0 aromatic heterocycles. The Hall–Kier alpha value is -1.91. The minimum Gasteiger partial charge on any atom is -0.372 e. The Labute approximate surface area is 100 Å². The van der Waals surface area contributed by atoms with Crippen LogP contribution in [0.3, 0.4) is 0 Å². The number of carbonyl (C=O) groups excluding carboxylic acids is 1. The summed E-state index contributed by atoms with van der Waals surface area (Å²) in [6.45, 7) is 5.40. The number of carbonyl (C=O) groups is 1. The molecule has 1 rings (SSSR count). The molecule has 0 unspecified atom stereocenters. The number of nitro groups is 1. The van der Waals surface area contributed by atoms with Gasteiger partial charge in [-0.1, -0.05) is 0 Å². The van der Waals surface area contributed by atoms with Gasteiger partial charge >= 0.3 is 0 Å². The third-order valence-corrected chi connectivity index (χ3v) is 2.72. The van der Waals surface area contributed by atoms with Crippen molar-refractivity contribution in [1.29, 1.82) is 0 Å². The Morgan fingerprint density at radius 2 is 2.00 bits per heavy atom. The summed E-state index contributed by atoms with van der Waals surface area (Å²) in [7, 11) is 1.86. The number of non-ortho nitro benzene ring substituents is 1. The molecule has 5 heteroatoms. The zero-order chi connectivity index (χ0) is 13.2. The molecule has 0 spiro atoms. The highest BCUT2D eigenvalue weighted by Crippen LogP contribution is 2.26. The number of nitrogens with zero attached hydrogens (tertiary/aromatic N) is 2. The largest absolute Gasteiger partial charge is 0.372 e. The third kappa shape index (κ3) is 2.81. The molecule has 0 atom stereocenters. The van der Waals surface area contributed by atoms with Gasteiger partial charge in [0, 0.05) is 36.5 Å². The van der Waals surface area contributed by atoms with E-state index in [9.17, 15) is 14.9 Å². The van der Waals surface area contributed by atoms with Gasteiger partial charge in [-0.05, 0) is 26.8 Å². The second-order valence-electron chi connectivity index (χ2n) is 4.22. The molecule has 5 nitrogen and oxygen atoms in total. The van der Waals surface area contributed by atoms with Gasteiger partial charge in [0.25, 0.3) is 5.69 Å². The van der Waals surface area contributed by atoms with Crippen molar-refractivity contribution in [3.63, 3.8) is 0 Å². The van der Waals surface area contributed by atoms with Crippen LogP contribution in [0.25, 0.3) is 0 Å². The van der Waals surface area contributed by atoms with Gasteiger partial charge in [-0.25, -0.2) is 0 Å². The summed E-state index contributed by atoms with van der Waals surface area (Å²) in [5.74, 6) is -0.170. The van der Waals surface area contributed by atoms with Crippen molar-refractivity contribution in [3.8, 4) is 0 Å². The fraction of sp³-hybridized carbons (Fsp3) is 0.417. The first-order valence-electron chi connectivity index (χ1n) is 5.36. The molecule has 0 amide bonds. The van der Waals surface area contributed by atoms with Crippen LogP contribution in [0.2, 0.25) is 0 Å². The summed E-state index contributed by atoms with van der Waals surface area (Å²) < 4.78 is 0. The lowest BCUT2D eigenvalue weighted by Gasteiger charge is -2.25. The van der Waals surface area contributed by atoms with Gasteiger partial charge in [0.05, 0.1) is 4.92 Å². The minimum atomic E-state index is -0.494. The van der Waals surface area contributed by atoms with Crippen LogP contribution >= 0.6 is 0 Å². The van der Waals surface area contributed by atoms with E-state index >= 15 is 0 Å². The van der Waals surface area contributed by atoms with Crippen molar-refractivity contribution in [2.24, 2.45) is 0 Å². The first-order chi connectivity index (χ1) is 7.84. The number of nitro benzene ring substituents is 1. The second-order valence-corrected chi connectivity index (χ2v) is 4.22. The maximum Gasteiger partial charge on any atom is 0.270 e. The smallest absolute Gasteiger partial charge is 0.270 e. The van der Waals surface area contributed by atoms with Gasteiger partial charge in [-0.15, -0.1) is 0 Å². The van der Waals surface area contributed by atoms with Crippen molar-refractivity contribution in [2.45, 2.75) is 26.8 Å². The van der Waals surface area contributed by atoms with E-state index in [1.807, 2.05) is 25.8 Å². The van der Waals surface area contributed by atoms with E-state index in [0.29, 0.717) is 5.56 Å². The molecule has 0 aliphatic rings. The SMILES string of the molecule is CC(=O)c1cc([N+](=O)[O-])ccc1N(C)C(C)C. The average Bonchev–Trinajstić information content (AvgIpc) is 2.26. The maximum atomic E-state index is 11.5. The molecule has 0 heterocycles. The Morgan fingerprint density at radius 3 is 2.41 bits per heavy atom. The number of Topliss-reactive ketones (excluding diaryl/α,β-unsaturated/α-hetero) is 1. The van der Waals surface area contributed by atoms with E-state index in [0.717, 1.165) is 5.69 Å². The first-order valence-corrected chi connectivity index (χ1v) is 5.36. The fourth-order valence-corrected chi connectivity index (χ4v) is 1.51. The van der Waals surface area contributed by atoms with Crippen LogP contribution in [0.1, 0.15) is 31.1 Å². The average molecular weight is 236 g/mol. The molecule has 0 N–H and O–H groups in total. The zero-order valence-corrected chi connectivity index (χ0v) is 10.4. The molecule has 0 saturated heterocycles. The molecule has 0 aliphatic heterocycles. The molecule has 17 heavy (non-hydrogen) atoms. The second kappa shape index (κ2) is 4.95. The first kappa shape index (κ1) is 13.2. The number of hydrogen-bond donors (Lipinski definition) is 0. The number of anilines is 1. The van der Waals surface area contributed by atoms with Gasteiger partial charge in [-0.2, -0.15) is 0 Å². The highest BCUT2D eigenvalue weighted by Gasteiger charge is 2.17. The van der Waals surface area contributed by atoms with Crippen molar-refractivity contribution in [3.05, 3.63) is 33.9 Å². The Morgan fingerprint density at radius 1 is 1.41 bits per heavy atom. The molecule has 0 bridgehead atoms. The summed E-state index contributed by atoms with van der Waals surface area (Å²) in [6, 6.07) is 4.58. The molecule has 92 valence electrons. The zero-order valence-electron chi connectivity index (χ0n) is 10.4. The number of benzene rings is 1. The van der Waals surface area contributed by atoms with Crippen LogP contribution in [0, 0.1) is 10.1 Å². The molecule has 0 aliphatic carbocycles. The molecule has 0 fully saturated rings. The quantitative estimate of drug-likeness (QED) is 0.458. The lowest BCUT2D eigenvalue weighted by Crippen LogP contribution is -2.27. The Bertz CT molecular complexity index is 455. The monoisotopic (exact) mass is 236 g/mol. The molecule has 0 radical (unpaired) electrons. The standard InChI is InChI=1S/C12H16N2O3/c1-8(2)13(4)12-6-5-10(14(16)17)7-11(12)9(3)15/h5-8H,1-4H3. The summed E-state index contributed by atoms with van der Waals surface area (Å²) in [6.07, 6.45) is 0. The van der Waals surface area contributed by atoms with Crippen LogP contribution in [-0.4, -0.2) is 23.8 Å². The van der Waals surface area contributed by atoms with Gasteiger partial charge in [-0.3, -0.25) is 14.9 Å². The number of hydrogen-bond acceptors (Lipinski definition) is 4. The molecule has 1 aromatic rings. The molecular weight excluding hydrogens is 220 g/mol. The minimum absolute atomic E-state index is 0.0592. The van der Waals surface area contributed by atoms with E-state index in [1.165, 1.54) is 19.1 Å². The maximum absolute atomic E-state index is 11.5. The molecular formula is C12H16N2O3. The predicted molar refractivity (Wildman–Crippen MR) is 66.6 cm³/mol. The number of rotatable bonds is 4. The van der Waals surface area contributed by atoms with Gasteiger partial charge < -0.3 is 4.90 Å². The third-order valence-electron chi connectivity index (χ3n) is 2.72. The van der Waals surface area contributed by atoms with Gasteiger partial charge in [0.15, 0.2) is 5.78 Å². The topological polar surface area (TPSA) is 63.4 Å². The van der Waals surface area contributed by atoms with Gasteiger partial charge in [0.2, 0.25) is 0 Å². The van der Waals surface area contributed by atoms with E-state index < -0.39 is 4.92 Å². The van der Waals surface area contributed by atoms with Crippen molar-refractivity contribution >= 4 is 17.2 Å². The van der Waals surface area contributed by atoms with E-state index in [-0.39, 0.29) is 17.5 Å². The summed E-state index contributed by atoms with van der Waals surface area (Å²) in [4.78, 5) is 23.6. The summed E-state index contributed by atoms with van der Waals surface area (Å²) >= 11 is 0. The van der Waals surface area contributed by atoms with E-state index in [1.54, 1.807) is 6.07 Å². The highest BCUT2D eigenvalue weighted by atomic mass is 16.6. The van der Waals surface area contributed by atoms with Crippen molar-refractivity contribution < 1.29 is 9.72 Å². The van der Waals surface area contributed by atoms with Crippen LogP contribution in [0.4, 0.5) is 11.4 Å². The van der Waals surface area contributed by atoms with Crippen molar-refractivity contribution in [2.75, 3.05) is 11.9 Å². The lowest BCUT2D eigenvalue weighted by atomic mass is 10.1. The lowest BCUT2D eigenvalue weighted by molar-refractivity contribution is -0.384. The molecule has 1 aromatic carbocycles. The predicted octanol–water partition coefficient (Wildman–Crippen LogP) is 2.64.